The molecule has 0 aromatic heterocycles. The van der Waals surface area contributed by atoms with Crippen LogP contribution in [0.1, 0.15) is 27.7 Å². The molecule has 8 heteroatoms. The van der Waals surface area contributed by atoms with Crippen LogP contribution in [0.15, 0.2) is 42.5 Å². The lowest BCUT2D eigenvalue weighted by Crippen LogP contribution is -2.41. The third-order valence-electron chi connectivity index (χ3n) is 4.76. The zero-order valence-electron chi connectivity index (χ0n) is 15.5. The number of benzene rings is 2. The quantitative estimate of drug-likeness (QED) is 0.664. The molecule has 3 rings (SSSR count). The van der Waals surface area contributed by atoms with E-state index in [-0.39, 0.29) is 5.75 Å². The molecule has 0 saturated carbocycles. The Bertz CT molecular complexity index is 796. The second-order valence-electron chi connectivity index (χ2n) is 7.23. The van der Waals surface area contributed by atoms with Gasteiger partial charge in [-0.2, -0.15) is 8.78 Å². The van der Waals surface area contributed by atoms with Crippen molar-refractivity contribution >= 4 is 24.2 Å². The standard InChI is InChI=1S/C19H20BClF2O4/c1-18(2)19(3,4)27-20(26-18)12-5-10-16(15(21)11-12)24-13-6-8-14(9-7-13)25-17(22)23/h5-11,17H,1-4H3. The van der Waals surface area contributed by atoms with Gasteiger partial charge in [-0.3, -0.25) is 0 Å². The fourth-order valence-electron chi connectivity index (χ4n) is 2.54. The van der Waals surface area contributed by atoms with E-state index in [1.165, 1.54) is 24.3 Å². The van der Waals surface area contributed by atoms with Crippen LogP contribution >= 0.6 is 11.6 Å². The van der Waals surface area contributed by atoms with Gasteiger partial charge < -0.3 is 18.8 Å². The molecule has 1 aliphatic rings. The maximum Gasteiger partial charge on any atom is 0.494 e. The number of alkyl halides is 2. The molecule has 0 atom stereocenters. The Morgan fingerprint density at radius 1 is 0.926 bits per heavy atom. The van der Waals surface area contributed by atoms with E-state index in [0.29, 0.717) is 16.5 Å². The molecule has 1 saturated heterocycles. The van der Waals surface area contributed by atoms with Crippen molar-refractivity contribution in [3.8, 4) is 17.2 Å². The van der Waals surface area contributed by atoms with Crippen molar-refractivity contribution < 1.29 is 27.6 Å². The fourth-order valence-corrected chi connectivity index (χ4v) is 2.77. The lowest BCUT2D eigenvalue weighted by atomic mass is 9.79. The van der Waals surface area contributed by atoms with E-state index in [1.54, 1.807) is 12.1 Å². The molecule has 2 aromatic carbocycles. The number of ether oxygens (including phenoxy) is 2. The Hall–Kier alpha value is -1.83. The smallest absolute Gasteiger partial charge is 0.456 e. The van der Waals surface area contributed by atoms with E-state index in [9.17, 15) is 8.78 Å². The largest absolute Gasteiger partial charge is 0.494 e. The summed E-state index contributed by atoms with van der Waals surface area (Å²) in [5.74, 6) is 0.931. The first-order chi connectivity index (χ1) is 12.6. The molecular weight excluding hydrogens is 376 g/mol. The molecule has 0 unspecified atom stereocenters. The average molecular weight is 397 g/mol. The number of rotatable bonds is 5. The van der Waals surface area contributed by atoms with Crippen LogP contribution in [0.3, 0.4) is 0 Å². The van der Waals surface area contributed by atoms with Gasteiger partial charge in [0, 0.05) is 0 Å². The Labute approximate surface area is 162 Å². The second-order valence-corrected chi connectivity index (χ2v) is 7.64. The number of hydrogen-bond donors (Lipinski definition) is 0. The highest BCUT2D eigenvalue weighted by Gasteiger charge is 2.51. The van der Waals surface area contributed by atoms with Gasteiger partial charge in [0.15, 0.2) is 0 Å². The molecular formula is C19H20BClF2O4. The highest BCUT2D eigenvalue weighted by molar-refractivity contribution is 6.62. The monoisotopic (exact) mass is 396 g/mol. The van der Waals surface area contributed by atoms with Crippen LogP contribution in [0.25, 0.3) is 0 Å². The van der Waals surface area contributed by atoms with Crippen molar-refractivity contribution in [1.82, 2.24) is 0 Å². The van der Waals surface area contributed by atoms with Gasteiger partial charge in [0.25, 0.3) is 0 Å². The lowest BCUT2D eigenvalue weighted by Gasteiger charge is -2.32. The minimum atomic E-state index is -2.87. The van der Waals surface area contributed by atoms with Crippen molar-refractivity contribution in [2.24, 2.45) is 0 Å². The van der Waals surface area contributed by atoms with E-state index < -0.39 is 24.9 Å². The van der Waals surface area contributed by atoms with Crippen LogP contribution in [-0.2, 0) is 9.31 Å². The van der Waals surface area contributed by atoms with Crippen molar-refractivity contribution in [1.29, 1.82) is 0 Å². The van der Waals surface area contributed by atoms with E-state index in [2.05, 4.69) is 4.74 Å². The first kappa shape index (κ1) is 19.9. The number of hydrogen-bond acceptors (Lipinski definition) is 4. The molecule has 4 nitrogen and oxygen atoms in total. The minimum Gasteiger partial charge on any atom is -0.456 e. The van der Waals surface area contributed by atoms with Crippen LogP contribution in [-0.4, -0.2) is 24.9 Å². The summed E-state index contributed by atoms with van der Waals surface area (Å²) >= 11 is 6.34. The minimum absolute atomic E-state index is 0.0551. The van der Waals surface area contributed by atoms with E-state index >= 15 is 0 Å². The average Bonchev–Trinajstić information content (AvgIpc) is 2.78. The SMILES string of the molecule is CC1(C)OB(c2ccc(Oc3ccc(OC(F)F)cc3)c(Cl)c2)OC1(C)C. The van der Waals surface area contributed by atoms with Gasteiger partial charge in [0.05, 0.1) is 16.2 Å². The Balaban J connectivity index is 1.72. The van der Waals surface area contributed by atoms with Crippen LogP contribution in [0.5, 0.6) is 17.2 Å². The summed E-state index contributed by atoms with van der Waals surface area (Å²) in [4.78, 5) is 0. The first-order valence-corrected chi connectivity index (χ1v) is 8.83. The highest BCUT2D eigenvalue weighted by Crippen LogP contribution is 2.37. The van der Waals surface area contributed by atoms with Gasteiger partial charge in [0.1, 0.15) is 17.2 Å². The Kier molecular flexibility index (Phi) is 5.39. The molecule has 0 bridgehead atoms. The zero-order valence-corrected chi connectivity index (χ0v) is 16.2. The van der Waals surface area contributed by atoms with E-state index in [0.717, 1.165) is 5.46 Å². The molecule has 2 aromatic rings. The normalized spacial score (nSPS) is 18.0. The molecule has 1 heterocycles. The predicted molar refractivity (Wildman–Crippen MR) is 100 cm³/mol. The Morgan fingerprint density at radius 3 is 2.00 bits per heavy atom. The van der Waals surface area contributed by atoms with Gasteiger partial charge in [-0.1, -0.05) is 17.7 Å². The maximum atomic E-state index is 12.2. The maximum absolute atomic E-state index is 12.2. The molecule has 0 N–H and O–H groups in total. The highest BCUT2D eigenvalue weighted by atomic mass is 35.5. The predicted octanol–water partition coefficient (Wildman–Crippen LogP) is 5.03. The van der Waals surface area contributed by atoms with Crippen LogP contribution in [0, 0.1) is 0 Å². The summed E-state index contributed by atoms with van der Waals surface area (Å²) in [6.45, 7) is 5.05. The van der Waals surface area contributed by atoms with Gasteiger partial charge >= 0.3 is 13.7 Å². The van der Waals surface area contributed by atoms with Crippen molar-refractivity contribution in [2.45, 2.75) is 45.5 Å². The first-order valence-electron chi connectivity index (χ1n) is 8.45. The number of halogens is 3. The third-order valence-corrected chi connectivity index (χ3v) is 5.05. The summed E-state index contributed by atoms with van der Waals surface area (Å²) in [6, 6.07) is 11.1. The van der Waals surface area contributed by atoms with Crippen molar-refractivity contribution in [2.75, 3.05) is 0 Å². The van der Waals surface area contributed by atoms with E-state index in [1.807, 2.05) is 33.8 Å². The summed E-state index contributed by atoms with van der Waals surface area (Å²) in [5, 5.41) is 0.384. The zero-order chi connectivity index (χ0) is 19.8. The molecule has 0 radical (unpaired) electrons. The summed E-state index contributed by atoms with van der Waals surface area (Å²) in [5.41, 5.74) is -0.102. The van der Waals surface area contributed by atoms with Gasteiger partial charge in [-0.25, -0.2) is 0 Å². The van der Waals surface area contributed by atoms with Crippen molar-refractivity contribution in [3.05, 3.63) is 47.5 Å². The third kappa shape index (κ3) is 4.37. The fraction of sp³-hybridized carbons (Fsp3) is 0.368. The molecule has 0 spiro atoms. The summed E-state index contributed by atoms with van der Waals surface area (Å²) < 4.78 is 46.4. The van der Waals surface area contributed by atoms with Gasteiger partial charge in [-0.05, 0) is 69.6 Å². The second kappa shape index (κ2) is 7.30. The molecule has 0 aliphatic carbocycles. The molecule has 1 fully saturated rings. The van der Waals surface area contributed by atoms with Gasteiger partial charge in [0.2, 0.25) is 0 Å². The molecule has 0 amide bonds. The molecule has 144 valence electrons. The van der Waals surface area contributed by atoms with Crippen LogP contribution in [0.4, 0.5) is 8.78 Å². The molecule has 27 heavy (non-hydrogen) atoms. The van der Waals surface area contributed by atoms with Crippen molar-refractivity contribution in [3.63, 3.8) is 0 Å². The Morgan fingerprint density at radius 2 is 1.48 bits per heavy atom. The topological polar surface area (TPSA) is 36.9 Å². The van der Waals surface area contributed by atoms with Crippen LogP contribution < -0.4 is 14.9 Å². The summed E-state index contributed by atoms with van der Waals surface area (Å²) in [7, 11) is -0.521. The summed E-state index contributed by atoms with van der Waals surface area (Å²) in [6.07, 6.45) is 0. The van der Waals surface area contributed by atoms with Crippen LogP contribution in [0.2, 0.25) is 5.02 Å². The van der Waals surface area contributed by atoms with Gasteiger partial charge in [-0.15, -0.1) is 0 Å². The molecule has 1 aliphatic heterocycles. The van der Waals surface area contributed by atoms with E-state index in [4.69, 9.17) is 25.6 Å². The lowest BCUT2D eigenvalue weighted by molar-refractivity contribution is -0.0498.